The van der Waals surface area contributed by atoms with E-state index in [2.05, 4.69) is 11.1 Å². The summed E-state index contributed by atoms with van der Waals surface area (Å²) in [5.41, 5.74) is 4.04. The second-order valence-corrected chi connectivity index (χ2v) is 3.41. The maximum absolute atomic E-state index is 8.69. The maximum atomic E-state index is 8.69. The van der Waals surface area contributed by atoms with Gasteiger partial charge >= 0.3 is 0 Å². The fourth-order valence-corrected chi connectivity index (χ4v) is 1.60. The minimum Gasteiger partial charge on any atom is -0.303 e. The van der Waals surface area contributed by atoms with Gasteiger partial charge in [-0.25, -0.2) is 4.98 Å². The molecule has 70 valence electrons. The van der Waals surface area contributed by atoms with E-state index in [1.165, 1.54) is 5.56 Å². The van der Waals surface area contributed by atoms with E-state index in [0.29, 0.717) is 6.42 Å². The highest BCUT2D eigenvalue weighted by Gasteiger charge is 2.07. The molecule has 0 N–H and O–H groups in total. The van der Waals surface area contributed by atoms with Crippen molar-refractivity contribution in [2.45, 2.75) is 20.3 Å². The van der Waals surface area contributed by atoms with Gasteiger partial charge in [0.05, 0.1) is 23.9 Å². The normalized spacial score (nSPS) is 10.4. The lowest BCUT2D eigenvalue weighted by Crippen LogP contribution is -1.92. The second kappa shape index (κ2) is 3.15. The van der Waals surface area contributed by atoms with Crippen LogP contribution >= 0.6 is 0 Å². The van der Waals surface area contributed by atoms with Gasteiger partial charge in [-0.3, -0.25) is 0 Å². The summed E-state index contributed by atoms with van der Waals surface area (Å²) in [5.74, 6) is 0. The molecule has 0 amide bonds. The molecular formula is C11H11N3. The van der Waals surface area contributed by atoms with Crippen molar-refractivity contribution in [1.82, 2.24) is 9.38 Å². The van der Waals surface area contributed by atoms with Gasteiger partial charge in [0.25, 0.3) is 0 Å². The number of pyridine rings is 1. The van der Waals surface area contributed by atoms with Gasteiger partial charge in [0, 0.05) is 6.20 Å². The molecule has 14 heavy (non-hydrogen) atoms. The van der Waals surface area contributed by atoms with Crippen molar-refractivity contribution in [1.29, 1.82) is 5.26 Å². The highest BCUT2D eigenvalue weighted by Crippen LogP contribution is 2.13. The van der Waals surface area contributed by atoms with Gasteiger partial charge in [-0.15, -0.1) is 0 Å². The van der Waals surface area contributed by atoms with E-state index in [1.807, 2.05) is 36.6 Å². The summed E-state index contributed by atoms with van der Waals surface area (Å²) in [6.45, 7) is 3.98. The molecule has 2 aromatic rings. The Morgan fingerprint density at radius 2 is 2.29 bits per heavy atom. The van der Waals surface area contributed by atoms with Crippen molar-refractivity contribution in [2.24, 2.45) is 0 Å². The molecule has 2 aromatic heterocycles. The largest absolute Gasteiger partial charge is 0.303 e. The van der Waals surface area contributed by atoms with Gasteiger partial charge in [0.2, 0.25) is 0 Å². The van der Waals surface area contributed by atoms with E-state index in [9.17, 15) is 0 Å². The number of nitrogens with zero attached hydrogens (tertiary/aromatic N) is 3. The second-order valence-electron chi connectivity index (χ2n) is 3.41. The van der Waals surface area contributed by atoms with Gasteiger partial charge in [-0.2, -0.15) is 5.26 Å². The lowest BCUT2D eigenvalue weighted by atomic mass is 10.2. The molecule has 0 unspecified atom stereocenters. The Kier molecular flexibility index (Phi) is 1.97. The minimum absolute atomic E-state index is 0.413. The molecule has 0 bridgehead atoms. The Morgan fingerprint density at radius 1 is 1.50 bits per heavy atom. The van der Waals surface area contributed by atoms with Crippen molar-refractivity contribution in [3.63, 3.8) is 0 Å². The fourth-order valence-electron chi connectivity index (χ4n) is 1.60. The first kappa shape index (κ1) is 8.76. The molecule has 0 fully saturated rings. The number of aryl methyl sites for hydroxylation is 2. The summed E-state index contributed by atoms with van der Waals surface area (Å²) in [4.78, 5) is 4.40. The molecule has 0 aliphatic heterocycles. The lowest BCUT2D eigenvalue weighted by molar-refractivity contribution is 1.03. The SMILES string of the molecule is Cc1ccn2c(CC#N)c(C)nc2c1. The summed E-state index contributed by atoms with van der Waals surface area (Å²) in [6, 6.07) is 6.20. The maximum Gasteiger partial charge on any atom is 0.137 e. The zero-order valence-corrected chi connectivity index (χ0v) is 8.28. The summed E-state index contributed by atoms with van der Waals surface area (Å²) >= 11 is 0. The first-order valence-electron chi connectivity index (χ1n) is 4.53. The Hall–Kier alpha value is -1.82. The number of nitriles is 1. The van der Waals surface area contributed by atoms with Gasteiger partial charge in [0.1, 0.15) is 5.65 Å². The number of rotatable bonds is 1. The highest BCUT2D eigenvalue weighted by atomic mass is 15.0. The standard InChI is InChI=1S/C11H11N3/c1-8-4-6-14-10(3-5-12)9(2)13-11(14)7-8/h4,6-7H,3H2,1-2H3. The van der Waals surface area contributed by atoms with Crippen molar-refractivity contribution < 1.29 is 0 Å². The third kappa shape index (κ3) is 1.25. The topological polar surface area (TPSA) is 41.1 Å². The molecule has 3 nitrogen and oxygen atoms in total. The molecule has 0 radical (unpaired) electrons. The van der Waals surface area contributed by atoms with Gasteiger partial charge in [0.15, 0.2) is 0 Å². The number of fused-ring (bicyclic) bond motifs is 1. The quantitative estimate of drug-likeness (QED) is 0.682. The summed E-state index contributed by atoms with van der Waals surface area (Å²) in [5, 5.41) is 8.69. The van der Waals surface area contributed by atoms with Crippen LogP contribution in [0.1, 0.15) is 17.0 Å². The summed E-state index contributed by atoms with van der Waals surface area (Å²) < 4.78 is 1.98. The molecule has 2 heterocycles. The van der Waals surface area contributed by atoms with Crippen LogP contribution in [-0.2, 0) is 6.42 Å². The van der Waals surface area contributed by atoms with E-state index < -0.39 is 0 Å². The molecule has 0 aromatic carbocycles. The van der Waals surface area contributed by atoms with Gasteiger partial charge in [-0.1, -0.05) is 0 Å². The van der Waals surface area contributed by atoms with E-state index in [0.717, 1.165) is 17.0 Å². The van der Waals surface area contributed by atoms with Crippen LogP contribution in [0.2, 0.25) is 0 Å². The Morgan fingerprint density at radius 3 is 3.00 bits per heavy atom. The fraction of sp³-hybridized carbons (Fsp3) is 0.273. The van der Waals surface area contributed by atoms with Gasteiger partial charge in [-0.05, 0) is 31.5 Å². The van der Waals surface area contributed by atoms with Crippen LogP contribution < -0.4 is 0 Å². The molecule has 0 saturated heterocycles. The van der Waals surface area contributed by atoms with Crippen LogP contribution in [0.4, 0.5) is 0 Å². The monoisotopic (exact) mass is 185 g/mol. The molecule has 0 atom stereocenters. The third-order valence-corrected chi connectivity index (χ3v) is 2.33. The van der Waals surface area contributed by atoms with E-state index in [1.54, 1.807) is 0 Å². The predicted molar refractivity (Wildman–Crippen MR) is 54.0 cm³/mol. The first-order valence-corrected chi connectivity index (χ1v) is 4.53. The average molecular weight is 185 g/mol. The highest BCUT2D eigenvalue weighted by molar-refractivity contribution is 5.45. The number of hydrogen-bond acceptors (Lipinski definition) is 2. The van der Waals surface area contributed by atoms with Crippen molar-refractivity contribution >= 4 is 5.65 Å². The number of aromatic nitrogens is 2. The van der Waals surface area contributed by atoms with Crippen LogP contribution in [0, 0.1) is 25.2 Å². The van der Waals surface area contributed by atoms with Gasteiger partial charge < -0.3 is 4.40 Å². The molecular weight excluding hydrogens is 174 g/mol. The lowest BCUT2D eigenvalue weighted by Gasteiger charge is -1.98. The Labute approximate surface area is 82.6 Å². The smallest absolute Gasteiger partial charge is 0.137 e. The average Bonchev–Trinajstić information content (AvgIpc) is 2.43. The summed E-state index contributed by atoms with van der Waals surface area (Å²) in [7, 11) is 0. The summed E-state index contributed by atoms with van der Waals surface area (Å²) in [6.07, 6.45) is 2.38. The molecule has 3 heteroatoms. The predicted octanol–water partition coefficient (Wildman–Crippen LogP) is 2.02. The van der Waals surface area contributed by atoms with Crippen molar-refractivity contribution in [3.05, 3.63) is 35.3 Å². The van der Waals surface area contributed by atoms with Crippen LogP contribution in [0.15, 0.2) is 18.3 Å². The zero-order chi connectivity index (χ0) is 10.1. The van der Waals surface area contributed by atoms with Crippen LogP contribution in [0.5, 0.6) is 0 Å². The van der Waals surface area contributed by atoms with Crippen molar-refractivity contribution in [2.75, 3.05) is 0 Å². The van der Waals surface area contributed by atoms with E-state index >= 15 is 0 Å². The number of hydrogen-bond donors (Lipinski definition) is 0. The first-order chi connectivity index (χ1) is 6.72. The minimum atomic E-state index is 0.413. The zero-order valence-electron chi connectivity index (χ0n) is 8.28. The van der Waals surface area contributed by atoms with Crippen LogP contribution in [0.3, 0.4) is 0 Å². The molecule has 0 aliphatic rings. The Bertz CT molecular complexity index is 517. The van der Waals surface area contributed by atoms with Crippen LogP contribution in [0.25, 0.3) is 5.65 Å². The van der Waals surface area contributed by atoms with Crippen LogP contribution in [-0.4, -0.2) is 9.38 Å². The third-order valence-electron chi connectivity index (χ3n) is 2.33. The molecule has 2 rings (SSSR count). The molecule has 0 spiro atoms. The molecule has 0 saturated carbocycles. The Balaban J connectivity index is 2.72. The van der Waals surface area contributed by atoms with E-state index in [-0.39, 0.29) is 0 Å². The van der Waals surface area contributed by atoms with Crippen molar-refractivity contribution in [3.8, 4) is 6.07 Å². The number of imidazole rings is 1. The molecule has 0 aliphatic carbocycles. The van der Waals surface area contributed by atoms with E-state index in [4.69, 9.17) is 5.26 Å².